The fourth-order valence-electron chi connectivity index (χ4n) is 3.62. The van der Waals surface area contributed by atoms with Gasteiger partial charge >= 0.3 is 11.9 Å². The van der Waals surface area contributed by atoms with E-state index in [1.54, 1.807) is 16.7 Å². The van der Waals surface area contributed by atoms with Gasteiger partial charge in [-0.25, -0.2) is 9.59 Å². The number of thioether (sulfide) groups is 1. The van der Waals surface area contributed by atoms with Crippen molar-refractivity contribution in [3.63, 3.8) is 0 Å². The first-order valence-electron chi connectivity index (χ1n) is 8.00. The molecule has 1 aromatic rings. The SMILES string of the molecule is O=C(O[C@@H]1CCOC1=O)[C@H]1CS[C@]2(c3ccccc3)CCC(=O)N12. The third-order valence-corrected chi connectivity index (χ3v) is 6.37. The van der Waals surface area contributed by atoms with Crippen LogP contribution in [0.4, 0.5) is 0 Å². The minimum Gasteiger partial charge on any atom is -0.463 e. The number of amides is 1. The van der Waals surface area contributed by atoms with Crippen LogP contribution in [0.5, 0.6) is 0 Å². The van der Waals surface area contributed by atoms with E-state index in [1.807, 2.05) is 30.3 Å². The molecule has 3 aliphatic rings. The largest absolute Gasteiger partial charge is 0.463 e. The van der Waals surface area contributed by atoms with E-state index in [4.69, 9.17) is 9.47 Å². The summed E-state index contributed by atoms with van der Waals surface area (Å²) in [4.78, 5) is 37.7. The average Bonchev–Trinajstić information content (AvgIpc) is 3.26. The minimum atomic E-state index is -0.841. The molecule has 0 aliphatic carbocycles. The van der Waals surface area contributed by atoms with Crippen LogP contribution < -0.4 is 0 Å². The Morgan fingerprint density at radius 2 is 2.08 bits per heavy atom. The molecule has 7 heteroatoms. The molecule has 4 rings (SSSR count). The molecule has 0 radical (unpaired) electrons. The van der Waals surface area contributed by atoms with Crippen molar-refractivity contribution in [3.8, 4) is 0 Å². The van der Waals surface area contributed by atoms with E-state index in [0.29, 0.717) is 25.0 Å². The van der Waals surface area contributed by atoms with E-state index in [0.717, 1.165) is 5.56 Å². The number of rotatable bonds is 3. The van der Waals surface area contributed by atoms with Gasteiger partial charge in [-0.15, -0.1) is 11.8 Å². The first-order chi connectivity index (χ1) is 11.6. The molecule has 3 heterocycles. The van der Waals surface area contributed by atoms with Crippen LogP contribution in [-0.4, -0.2) is 47.3 Å². The highest BCUT2D eigenvalue weighted by molar-refractivity contribution is 8.00. The number of hydrogen-bond acceptors (Lipinski definition) is 6. The molecule has 3 atom stereocenters. The standard InChI is InChI=1S/C17H17NO5S/c19-14-6-8-17(11-4-2-1-3-5-11)18(14)12(10-24-17)15(20)23-13-7-9-22-16(13)21/h1-5,12-13H,6-10H2/t12-,13-,17+/m1/s1. The Morgan fingerprint density at radius 1 is 1.29 bits per heavy atom. The van der Waals surface area contributed by atoms with Gasteiger partial charge < -0.3 is 14.4 Å². The van der Waals surface area contributed by atoms with Crippen LogP contribution in [0.25, 0.3) is 0 Å². The molecule has 1 aromatic carbocycles. The highest BCUT2D eigenvalue weighted by Crippen LogP contribution is 2.54. The second kappa shape index (κ2) is 5.81. The zero-order chi connectivity index (χ0) is 16.7. The summed E-state index contributed by atoms with van der Waals surface area (Å²) in [7, 11) is 0. The fraction of sp³-hybridized carbons (Fsp3) is 0.471. The van der Waals surface area contributed by atoms with Gasteiger partial charge in [0.05, 0.1) is 6.61 Å². The number of carbonyl (C=O) groups is 3. The second-order valence-electron chi connectivity index (χ2n) is 6.12. The molecule has 0 unspecified atom stereocenters. The summed E-state index contributed by atoms with van der Waals surface area (Å²) in [6.07, 6.45) is 0.627. The van der Waals surface area contributed by atoms with Gasteiger partial charge in [-0.05, 0) is 12.0 Å². The Balaban J connectivity index is 1.59. The van der Waals surface area contributed by atoms with Crippen LogP contribution in [0.15, 0.2) is 30.3 Å². The lowest BCUT2D eigenvalue weighted by atomic mass is 10.0. The Labute approximate surface area is 143 Å². The summed E-state index contributed by atoms with van der Waals surface area (Å²) >= 11 is 1.60. The highest BCUT2D eigenvalue weighted by atomic mass is 32.2. The zero-order valence-corrected chi connectivity index (χ0v) is 13.8. The van der Waals surface area contributed by atoms with Crippen LogP contribution in [0.3, 0.4) is 0 Å². The second-order valence-corrected chi connectivity index (χ2v) is 7.42. The number of carbonyl (C=O) groups excluding carboxylic acids is 3. The quantitative estimate of drug-likeness (QED) is 0.771. The molecular formula is C17H17NO5S. The molecule has 0 spiro atoms. The number of benzene rings is 1. The molecule has 0 bridgehead atoms. The van der Waals surface area contributed by atoms with E-state index in [2.05, 4.69) is 0 Å². The van der Waals surface area contributed by atoms with Crippen LogP contribution >= 0.6 is 11.8 Å². The van der Waals surface area contributed by atoms with Crippen LogP contribution in [0.2, 0.25) is 0 Å². The Hall–Kier alpha value is -2.02. The maximum Gasteiger partial charge on any atom is 0.347 e. The smallest absolute Gasteiger partial charge is 0.347 e. The molecule has 24 heavy (non-hydrogen) atoms. The average molecular weight is 347 g/mol. The van der Waals surface area contributed by atoms with E-state index >= 15 is 0 Å². The van der Waals surface area contributed by atoms with Gasteiger partial charge in [0, 0.05) is 18.6 Å². The maximum atomic E-state index is 12.6. The maximum absolute atomic E-state index is 12.6. The topological polar surface area (TPSA) is 72.9 Å². The van der Waals surface area contributed by atoms with Gasteiger partial charge in [-0.2, -0.15) is 0 Å². The van der Waals surface area contributed by atoms with Crippen LogP contribution in [-0.2, 0) is 28.7 Å². The van der Waals surface area contributed by atoms with Crippen molar-refractivity contribution >= 4 is 29.6 Å². The molecule has 0 saturated carbocycles. The van der Waals surface area contributed by atoms with Crippen LogP contribution in [0.1, 0.15) is 24.8 Å². The van der Waals surface area contributed by atoms with Gasteiger partial charge in [-0.3, -0.25) is 4.79 Å². The third-order valence-electron chi connectivity index (χ3n) is 4.77. The number of ether oxygens (including phenoxy) is 2. The van der Waals surface area contributed by atoms with Crippen molar-refractivity contribution in [2.75, 3.05) is 12.4 Å². The molecule has 126 valence electrons. The van der Waals surface area contributed by atoms with Crippen LogP contribution in [0, 0.1) is 0 Å². The van der Waals surface area contributed by atoms with E-state index in [1.165, 1.54) is 0 Å². The molecule has 3 aliphatic heterocycles. The summed E-state index contributed by atoms with van der Waals surface area (Å²) in [5.74, 6) is -0.586. The van der Waals surface area contributed by atoms with Crippen molar-refractivity contribution in [2.24, 2.45) is 0 Å². The van der Waals surface area contributed by atoms with Crippen molar-refractivity contribution < 1.29 is 23.9 Å². The minimum absolute atomic E-state index is 0.0419. The molecule has 0 aromatic heterocycles. The zero-order valence-electron chi connectivity index (χ0n) is 13.0. The number of hydrogen-bond donors (Lipinski definition) is 0. The number of fused-ring (bicyclic) bond motifs is 1. The Bertz CT molecular complexity index is 693. The van der Waals surface area contributed by atoms with Gasteiger partial charge in [0.2, 0.25) is 12.0 Å². The summed E-state index contributed by atoms with van der Waals surface area (Å²) in [6.45, 7) is 0.271. The monoisotopic (exact) mass is 347 g/mol. The predicted molar refractivity (Wildman–Crippen MR) is 85.9 cm³/mol. The lowest BCUT2D eigenvalue weighted by Gasteiger charge is -2.33. The number of cyclic esters (lactones) is 1. The first-order valence-corrected chi connectivity index (χ1v) is 8.99. The molecule has 3 saturated heterocycles. The predicted octanol–water partition coefficient (Wildman–Crippen LogP) is 1.44. The number of nitrogens with zero attached hydrogens (tertiary/aromatic N) is 1. The first kappa shape index (κ1) is 15.5. The van der Waals surface area contributed by atoms with Gasteiger partial charge in [0.15, 0.2) is 0 Å². The van der Waals surface area contributed by atoms with Crippen molar-refractivity contribution in [2.45, 2.75) is 36.3 Å². The molecule has 1 amide bonds. The van der Waals surface area contributed by atoms with Crippen molar-refractivity contribution in [1.82, 2.24) is 4.90 Å². The van der Waals surface area contributed by atoms with Gasteiger partial charge in [0.1, 0.15) is 10.9 Å². The summed E-state index contributed by atoms with van der Waals surface area (Å²) in [5.41, 5.74) is 1.02. The van der Waals surface area contributed by atoms with E-state index < -0.39 is 29.0 Å². The molecule has 0 N–H and O–H groups in total. The molecule has 3 fully saturated rings. The van der Waals surface area contributed by atoms with E-state index in [-0.39, 0.29) is 12.5 Å². The van der Waals surface area contributed by atoms with Gasteiger partial charge in [-0.1, -0.05) is 30.3 Å². The van der Waals surface area contributed by atoms with Gasteiger partial charge in [0.25, 0.3) is 0 Å². The summed E-state index contributed by atoms with van der Waals surface area (Å²) in [6, 6.07) is 9.12. The Kier molecular flexibility index (Phi) is 3.75. The Morgan fingerprint density at radius 3 is 2.79 bits per heavy atom. The van der Waals surface area contributed by atoms with Crippen molar-refractivity contribution in [3.05, 3.63) is 35.9 Å². The van der Waals surface area contributed by atoms with E-state index in [9.17, 15) is 14.4 Å². The summed E-state index contributed by atoms with van der Waals surface area (Å²) < 4.78 is 10.1. The lowest BCUT2D eigenvalue weighted by Crippen LogP contribution is -2.47. The lowest BCUT2D eigenvalue weighted by molar-refractivity contribution is -0.165. The highest BCUT2D eigenvalue weighted by Gasteiger charge is 2.57. The molecular weight excluding hydrogens is 330 g/mol. The van der Waals surface area contributed by atoms with Crippen molar-refractivity contribution in [1.29, 1.82) is 0 Å². The number of esters is 2. The normalized spacial score (nSPS) is 31.9. The molecule has 6 nitrogen and oxygen atoms in total. The fourth-order valence-corrected chi connectivity index (χ4v) is 5.26. The summed E-state index contributed by atoms with van der Waals surface area (Å²) in [5, 5.41) is 0. The third kappa shape index (κ3) is 2.30.